The van der Waals surface area contributed by atoms with Crippen molar-refractivity contribution in [2.75, 3.05) is 11.8 Å². The summed E-state index contributed by atoms with van der Waals surface area (Å²) < 4.78 is 27.6. The number of amides is 1. The van der Waals surface area contributed by atoms with Crippen LogP contribution in [0, 0.1) is 0 Å². The van der Waals surface area contributed by atoms with Gasteiger partial charge in [-0.05, 0) is 48.4 Å². The molecule has 0 heterocycles. The van der Waals surface area contributed by atoms with E-state index in [1.807, 2.05) is 37.3 Å². The van der Waals surface area contributed by atoms with E-state index in [0.29, 0.717) is 16.3 Å². The van der Waals surface area contributed by atoms with Gasteiger partial charge in [-0.3, -0.25) is 9.52 Å². The third kappa shape index (κ3) is 5.75. The van der Waals surface area contributed by atoms with Crippen LogP contribution in [0.3, 0.4) is 0 Å². The molecule has 0 aliphatic carbocycles. The van der Waals surface area contributed by atoms with Gasteiger partial charge in [0.25, 0.3) is 10.0 Å². The molecule has 31 heavy (non-hydrogen) atoms. The molecule has 0 aliphatic rings. The fraction of sp³-hybridized carbons (Fsp3) is 0.125. The largest absolute Gasteiger partial charge is 0.335 e. The standard InChI is InChI=1S/C24H23ClN2O3S/c1-18(20-8-4-3-5-9-20)27(2)24(28)17-14-19-12-15-21(16-13-19)31(29,30)26-23-11-7-6-10-22(23)25/h3-18,26H,1-2H3/b17-14+. The van der Waals surface area contributed by atoms with Crippen LogP contribution in [-0.4, -0.2) is 26.3 Å². The van der Waals surface area contributed by atoms with E-state index in [1.54, 1.807) is 54.4 Å². The van der Waals surface area contributed by atoms with Crippen molar-refractivity contribution in [2.24, 2.45) is 0 Å². The Morgan fingerprint density at radius 2 is 1.58 bits per heavy atom. The molecule has 7 heteroatoms. The Morgan fingerprint density at radius 1 is 0.968 bits per heavy atom. The lowest BCUT2D eigenvalue weighted by Crippen LogP contribution is -2.27. The van der Waals surface area contributed by atoms with Crippen molar-refractivity contribution < 1.29 is 13.2 Å². The number of para-hydroxylation sites is 1. The average Bonchev–Trinajstić information content (AvgIpc) is 2.78. The minimum absolute atomic E-state index is 0.0678. The molecule has 5 nitrogen and oxygen atoms in total. The van der Waals surface area contributed by atoms with Crippen LogP contribution in [0.1, 0.15) is 24.1 Å². The second-order valence-corrected chi connectivity index (χ2v) is 9.11. The van der Waals surface area contributed by atoms with E-state index < -0.39 is 10.0 Å². The van der Waals surface area contributed by atoms with Crippen molar-refractivity contribution in [1.29, 1.82) is 0 Å². The molecule has 0 fully saturated rings. The van der Waals surface area contributed by atoms with Gasteiger partial charge in [-0.1, -0.05) is 66.2 Å². The summed E-state index contributed by atoms with van der Waals surface area (Å²) in [5, 5.41) is 0.318. The van der Waals surface area contributed by atoms with Crippen LogP contribution >= 0.6 is 11.6 Å². The number of nitrogens with zero attached hydrogens (tertiary/aromatic N) is 1. The zero-order valence-electron chi connectivity index (χ0n) is 17.2. The highest BCUT2D eigenvalue weighted by molar-refractivity contribution is 7.92. The van der Waals surface area contributed by atoms with Crippen LogP contribution in [0.25, 0.3) is 6.08 Å². The van der Waals surface area contributed by atoms with E-state index in [9.17, 15) is 13.2 Å². The maximum absolute atomic E-state index is 12.6. The van der Waals surface area contributed by atoms with Crippen molar-refractivity contribution >= 4 is 39.3 Å². The second-order valence-electron chi connectivity index (χ2n) is 7.02. The summed E-state index contributed by atoms with van der Waals surface area (Å²) in [6, 6.07) is 22.6. The Bertz CT molecular complexity index is 1180. The first-order valence-electron chi connectivity index (χ1n) is 9.65. The topological polar surface area (TPSA) is 66.5 Å². The second kappa shape index (κ2) is 9.81. The fourth-order valence-corrected chi connectivity index (χ4v) is 4.26. The molecule has 3 rings (SSSR count). The lowest BCUT2D eigenvalue weighted by molar-refractivity contribution is -0.126. The highest BCUT2D eigenvalue weighted by atomic mass is 35.5. The predicted octanol–water partition coefficient (Wildman–Crippen LogP) is 5.37. The van der Waals surface area contributed by atoms with Crippen molar-refractivity contribution in [3.8, 4) is 0 Å². The Balaban J connectivity index is 1.68. The Hall–Kier alpha value is -3.09. The van der Waals surface area contributed by atoms with E-state index in [4.69, 9.17) is 11.6 Å². The van der Waals surface area contributed by atoms with E-state index in [2.05, 4.69) is 4.72 Å². The molecule has 0 saturated carbocycles. The minimum atomic E-state index is -3.77. The summed E-state index contributed by atoms with van der Waals surface area (Å²) in [5.41, 5.74) is 2.08. The summed E-state index contributed by atoms with van der Waals surface area (Å²) in [4.78, 5) is 14.3. The third-order valence-corrected chi connectivity index (χ3v) is 6.65. The number of carbonyl (C=O) groups excluding carboxylic acids is 1. The predicted molar refractivity (Wildman–Crippen MR) is 125 cm³/mol. The molecule has 0 radical (unpaired) electrons. The van der Waals surface area contributed by atoms with Gasteiger partial charge in [0.1, 0.15) is 0 Å². The molecule has 3 aromatic rings. The van der Waals surface area contributed by atoms with E-state index in [-0.39, 0.29) is 16.8 Å². The Labute approximate surface area is 188 Å². The van der Waals surface area contributed by atoms with E-state index in [1.165, 1.54) is 18.2 Å². The van der Waals surface area contributed by atoms with Gasteiger partial charge in [-0.25, -0.2) is 8.42 Å². The van der Waals surface area contributed by atoms with Crippen molar-refractivity contribution in [2.45, 2.75) is 17.9 Å². The first-order valence-corrected chi connectivity index (χ1v) is 11.5. The molecule has 0 bridgehead atoms. The van der Waals surface area contributed by atoms with E-state index >= 15 is 0 Å². The number of halogens is 1. The number of carbonyl (C=O) groups is 1. The van der Waals surface area contributed by atoms with Gasteiger partial charge in [0.2, 0.25) is 5.91 Å². The third-order valence-electron chi connectivity index (χ3n) is 4.94. The molecular weight excluding hydrogens is 432 g/mol. The fourth-order valence-electron chi connectivity index (χ4n) is 2.94. The molecule has 0 saturated heterocycles. The highest BCUT2D eigenvalue weighted by Gasteiger charge is 2.16. The van der Waals surface area contributed by atoms with Gasteiger partial charge >= 0.3 is 0 Å². The van der Waals surface area contributed by atoms with Crippen molar-refractivity contribution in [1.82, 2.24) is 4.90 Å². The highest BCUT2D eigenvalue weighted by Crippen LogP contribution is 2.24. The number of benzene rings is 3. The summed E-state index contributed by atoms with van der Waals surface area (Å²) in [7, 11) is -2.02. The molecule has 0 aliphatic heterocycles. The van der Waals surface area contributed by atoms with Crippen LogP contribution in [0.15, 0.2) is 89.8 Å². The van der Waals surface area contributed by atoms with Crippen LogP contribution in [0.4, 0.5) is 5.69 Å². The molecular formula is C24H23ClN2O3S. The van der Waals surface area contributed by atoms with Crippen molar-refractivity contribution in [3.63, 3.8) is 0 Å². The zero-order chi connectivity index (χ0) is 22.4. The molecule has 3 aromatic carbocycles. The maximum Gasteiger partial charge on any atom is 0.261 e. The van der Waals surface area contributed by atoms with Gasteiger partial charge < -0.3 is 4.90 Å². The maximum atomic E-state index is 12.6. The number of hydrogen-bond acceptors (Lipinski definition) is 3. The summed E-state index contributed by atoms with van der Waals surface area (Å²) in [6.45, 7) is 1.96. The number of anilines is 1. The van der Waals surface area contributed by atoms with Crippen LogP contribution < -0.4 is 4.72 Å². The number of hydrogen-bond donors (Lipinski definition) is 1. The quantitative estimate of drug-likeness (QED) is 0.488. The minimum Gasteiger partial charge on any atom is -0.335 e. The number of rotatable bonds is 7. The molecule has 1 unspecified atom stereocenters. The SMILES string of the molecule is CC(c1ccccc1)N(C)C(=O)/C=C/c1ccc(S(=O)(=O)Nc2ccccc2Cl)cc1. The first-order chi connectivity index (χ1) is 14.8. The van der Waals surface area contributed by atoms with Crippen molar-refractivity contribution in [3.05, 3.63) is 101 Å². The van der Waals surface area contributed by atoms with Gasteiger partial charge in [0.05, 0.1) is 21.6 Å². The van der Waals surface area contributed by atoms with Crippen LogP contribution in [0.2, 0.25) is 5.02 Å². The molecule has 160 valence electrons. The molecule has 1 amide bonds. The first kappa shape index (κ1) is 22.6. The van der Waals surface area contributed by atoms with E-state index in [0.717, 1.165) is 5.56 Å². The Kier molecular flexibility index (Phi) is 7.15. The monoisotopic (exact) mass is 454 g/mol. The van der Waals surface area contributed by atoms with Gasteiger partial charge in [0.15, 0.2) is 0 Å². The smallest absolute Gasteiger partial charge is 0.261 e. The number of nitrogens with one attached hydrogen (secondary N) is 1. The average molecular weight is 455 g/mol. The molecule has 1 atom stereocenters. The van der Waals surface area contributed by atoms with Crippen LogP contribution in [0.5, 0.6) is 0 Å². The van der Waals surface area contributed by atoms with Gasteiger partial charge in [-0.2, -0.15) is 0 Å². The Morgan fingerprint density at radius 3 is 2.23 bits per heavy atom. The molecule has 0 aromatic heterocycles. The molecule has 0 spiro atoms. The normalized spacial score (nSPS) is 12.5. The van der Waals surface area contributed by atoms with Gasteiger partial charge in [0, 0.05) is 13.1 Å². The summed E-state index contributed by atoms with van der Waals surface area (Å²) in [5.74, 6) is -0.145. The van der Waals surface area contributed by atoms with Gasteiger partial charge in [-0.15, -0.1) is 0 Å². The zero-order valence-corrected chi connectivity index (χ0v) is 18.8. The van der Waals surface area contributed by atoms with Crippen LogP contribution in [-0.2, 0) is 14.8 Å². The lowest BCUT2D eigenvalue weighted by atomic mass is 10.1. The summed E-state index contributed by atoms with van der Waals surface area (Å²) >= 11 is 6.03. The molecule has 1 N–H and O–H groups in total. The lowest BCUT2D eigenvalue weighted by Gasteiger charge is -2.24. The summed E-state index contributed by atoms with van der Waals surface area (Å²) in [6.07, 6.45) is 3.14. The number of sulfonamides is 1. The number of likely N-dealkylation sites (N-methyl/N-ethyl adjacent to an activating group) is 1.